The summed E-state index contributed by atoms with van der Waals surface area (Å²) >= 11 is 0. The van der Waals surface area contributed by atoms with Crippen molar-refractivity contribution in [3.63, 3.8) is 0 Å². The molecule has 0 radical (unpaired) electrons. The predicted molar refractivity (Wildman–Crippen MR) is 59.6 cm³/mol. The van der Waals surface area contributed by atoms with Gasteiger partial charge < -0.3 is 14.2 Å². The Morgan fingerprint density at radius 3 is 2.40 bits per heavy atom. The lowest BCUT2D eigenvalue weighted by molar-refractivity contribution is -0.307. The summed E-state index contributed by atoms with van der Waals surface area (Å²) in [6.45, 7) is 7.04. The van der Waals surface area contributed by atoms with Crippen LogP contribution in [0.5, 0.6) is 0 Å². The molecule has 0 aromatic rings. The van der Waals surface area contributed by atoms with Crippen molar-refractivity contribution in [3.05, 3.63) is 0 Å². The average molecular weight is 216 g/mol. The smallest absolute Gasteiger partial charge is 0.163 e. The highest BCUT2D eigenvalue weighted by Crippen LogP contribution is 2.24. The SMILES string of the molecule is CCCC1CC(OCC)OC(CCC)O1. The molecule has 0 amide bonds. The molecule has 0 spiro atoms. The van der Waals surface area contributed by atoms with Crippen molar-refractivity contribution in [2.75, 3.05) is 6.61 Å². The van der Waals surface area contributed by atoms with E-state index in [1.54, 1.807) is 0 Å². The lowest BCUT2D eigenvalue weighted by Gasteiger charge is -2.35. The zero-order valence-corrected chi connectivity index (χ0v) is 10.2. The Morgan fingerprint density at radius 2 is 1.80 bits per heavy atom. The van der Waals surface area contributed by atoms with E-state index >= 15 is 0 Å². The van der Waals surface area contributed by atoms with E-state index in [0.717, 1.165) is 32.1 Å². The van der Waals surface area contributed by atoms with Crippen molar-refractivity contribution in [3.8, 4) is 0 Å². The lowest BCUT2D eigenvalue weighted by atomic mass is 10.1. The van der Waals surface area contributed by atoms with Gasteiger partial charge in [0.2, 0.25) is 0 Å². The van der Waals surface area contributed by atoms with Gasteiger partial charge in [-0.05, 0) is 19.8 Å². The molecule has 0 bridgehead atoms. The maximum Gasteiger partial charge on any atom is 0.163 e. The molecule has 3 heteroatoms. The van der Waals surface area contributed by atoms with E-state index in [-0.39, 0.29) is 12.6 Å². The molecule has 3 atom stereocenters. The molecule has 3 nitrogen and oxygen atoms in total. The number of ether oxygens (including phenoxy) is 3. The first kappa shape index (κ1) is 12.9. The minimum Gasteiger partial charge on any atom is -0.353 e. The van der Waals surface area contributed by atoms with Gasteiger partial charge in [-0.1, -0.05) is 26.7 Å². The van der Waals surface area contributed by atoms with Gasteiger partial charge in [0.05, 0.1) is 6.10 Å². The van der Waals surface area contributed by atoms with E-state index in [9.17, 15) is 0 Å². The third-order valence-electron chi connectivity index (χ3n) is 2.59. The quantitative estimate of drug-likeness (QED) is 0.683. The molecular weight excluding hydrogens is 192 g/mol. The minimum absolute atomic E-state index is 0.0585. The van der Waals surface area contributed by atoms with Gasteiger partial charge in [0.1, 0.15) is 0 Å². The van der Waals surface area contributed by atoms with Crippen molar-refractivity contribution in [2.24, 2.45) is 0 Å². The number of hydrogen-bond acceptors (Lipinski definition) is 3. The van der Waals surface area contributed by atoms with Gasteiger partial charge in [-0.3, -0.25) is 0 Å². The molecule has 0 N–H and O–H groups in total. The summed E-state index contributed by atoms with van der Waals surface area (Å²) in [6.07, 6.45) is 5.38. The first-order chi connectivity index (χ1) is 7.30. The van der Waals surface area contributed by atoms with Crippen LogP contribution in [-0.2, 0) is 14.2 Å². The summed E-state index contributed by atoms with van der Waals surface area (Å²) in [5.41, 5.74) is 0. The topological polar surface area (TPSA) is 27.7 Å². The van der Waals surface area contributed by atoms with Crippen LogP contribution in [0.25, 0.3) is 0 Å². The zero-order valence-electron chi connectivity index (χ0n) is 10.2. The van der Waals surface area contributed by atoms with E-state index in [2.05, 4.69) is 13.8 Å². The standard InChI is InChI=1S/C12H24O3/c1-4-7-10-9-12(13-6-3)15-11(14-10)8-5-2/h10-12H,4-9H2,1-3H3. The molecule has 0 aromatic carbocycles. The predicted octanol–water partition coefficient (Wildman–Crippen LogP) is 3.08. The van der Waals surface area contributed by atoms with Gasteiger partial charge in [-0.15, -0.1) is 0 Å². The molecule has 90 valence electrons. The van der Waals surface area contributed by atoms with Crippen LogP contribution in [0.3, 0.4) is 0 Å². The van der Waals surface area contributed by atoms with Crippen LogP contribution < -0.4 is 0 Å². The summed E-state index contributed by atoms with van der Waals surface area (Å²) in [7, 11) is 0. The molecule has 1 fully saturated rings. The van der Waals surface area contributed by atoms with E-state index in [0.29, 0.717) is 12.7 Å². The van der Waals surface area contributed by atoms with Gasteiger partial charge >= 0.3 is 0 Å². The van der Waals surface area contributed by atoms with Gasteiger partial charge in [0.15, 0.2) is 12.6 Å². The fourth-order valence-electron chi connectivity index (χ4n) is 1.91. The Balaban J connectivity index is 2.40. The van der Waals surface area contributed by atoms with E-state index in [4.69, 9.17) is 14.2 Å². The van der Waals surface area contributed by atoms with E-state index in [1.165, 1.54) is 0 Å². The summed E-state index contributed by atoms with van der Waals surface area (Å²) in [6, 6.07) is 0. The third-order valence-corrected chi connectivity index (χ3v) is 2.59. The van der Waals surface area contributed by atoms with Crippen LogP contribution in [0, 0.1) is 0 Å². The first-order valence-electron chi connectivity index (χ1n) is 6.22. The Kier molecular flexibility index (Phi) is 6.22. The molecule has 1 heterocycles. The molecule has 1 saturated heterocycles. The van der Waals surface area contributed by atoms with Crippen molar-refractivity contribution in [1.82, 2.24) is 0 Å². The summed E-state index contributed by atoms with van der Waals surface area (Å²) < 4.78 is 17.1. The molecule has 3 unspecified atom stereocenters. The van der Waals surface area contributed by atoms with E-state index < -0.39 is 0 Å². The molecule has 15 heavy (non-hydrogen) atoms. The van der Waals surface area contributed by atoms with Crippen molar-refractivity contribution >= 4 is 0 Å². The van der Waals surface area contributed by atoms with Crippen molar-refractivity contribution in [1.29, 1.82) is 0 Å². The molecule has 1 aliphatic rings. The Labute approximate surface area is 93.1 Å². The molecule has 1 rings (SSSR count). The van der Waals surface area contributed by atoms with E-state index in [1.807, 2.05) is 6.92 Å². The Bertz CT molecular complexity index is 126. The average Bonchev–Trinajstić information content (AvgIpc) is 2.19. The second-order valence-corrected chi connectivity index (χ2v) is 4.02. The monoisotopic (exact) mass is 216 g/mol. The minimum atomic E-state index is -0.0585. The second kappa shape index (κ2) is 7.20. The van der Waals surface area contributed by atoms with Crippen LogP contribution in [0.1, 0.15) is 52.9 Å². The maximum atomic E-state index is 5.84. The highest BCUT2D eigenvalue weighted by molar-refractivity contribution is 4.67. The third kappa shape index (κ3) is 4.49. The number of hydrogen-bond donors (Lipinski definition) is 0. The normalized spacial score (nSPS) is 31.8. The maximum absolute atomic E-state index is 5.84. The first-order valence-corrected chi connectivity index (χ1v) is 6.22. The molecule has 0 aromatic heterocycles. The highest BCUT2D eigenvalue weighted by atomic mass is 16.8. The molecule has 0 saturated carbocycles. The molecule has 1 aliphatic heterocycles. The van der Waals surface area contributed by atoms with Crippen LogP contribution >= 0.6 is 0 Å². The molecule has 0 aliphatic carbocycles. The fraction of sp³-hybridized carbons (Fsp3) is 1.00. The lowest BCUT2D eigenvalue weighted by Crippen LogP contribution is -2.39. The fourth-order valence-corrected chi connectivity index (χ4v) is 1.91. The van der Waals surface area contributed by atoms with Gasteiger partial charge in [0, 0.05) is 13.0 Å². The van der Waals surface area contributed by atoms with Crippen LogP contribution in [-0.4, -0.2) is 25.3 Å². The Hall–Kier alpha value is -0.120. The van der Waals surface area contributed by atoms with Crippen LogP contribution in [0.4, 0.5) is 0 Å². The Morgan fingerprint density at radius 1 is 1.07 bits per heavy atom. The summed E-state index contributed by atoms with van der Waals surface area (Å²) in [4.78, 5) is 0. The zero-order chi connectivity index (χ0) is 11.1. The largest absolute Gasteiger partial charge is 0.353 e. The van der Waals surface area contributed by atoms with Gasteiger partial charge in [-0.2, -0.15) is 0 Å². The number of rotatable bonds is 6. The van der Waals surface area contributed by atoms with Crippen molar-refractivity contribution in [2.45, 2.75) is 71.6 Å². The van der Waals surface area contributed by atoms with Gasteiger partial charge in [0.25, 0.3) is 0 Å². The van der Waals surface area contributed by atoms with Crippen molar-refractivity contribution < 1.29 is 14.2 Å². The second-order valence-electron chi connectivity index (χ2n) is 4.02. The van der Waals surface area contributed by atoms with Gasteiger partial charge in [-0.25, -0.2) is 0 Å². The molecular formula is C12H24O3. The van der Waals surface area contributed by atoms with Crippen LogP contribution in [0.15, 0.2) is 0 Å². The summed E-state index contributed by atoms with van der Waals surface area (Å²) in [5.74, 6) is 0. The summed E-state index contributed by atoms with van der Waals surface area (Å²) in [5, 5.41) is 0. The van der Waals surface area contributed by atoms with Crippen LogP contribution in [0.2, 0.25) is 0 Å². The highest BCUT2D eigenvalue weighted by Gasteiger charge is 2.29.